The number of methoxy groups -OCH3 is 1. The van der Waals surface area contributed by atoms with Crippen molar-refractivity contribution in [1.82, 2.24) is 4.98 Å². The Bertz CT molecular complexity index is 623. The van der Waals surface area contributed by atoms with Crippen molar-refractivity contribution in [3.63, 3.8) is 0 Å². The van der Waals surface area contributed by atoms with Gasteiger partial charge in [0, 0.05) is 11.9 Å². The Morgan fingerprint density at radius 2 is 2.00 bits per heavy atom. The van der Waals surface area contributed by atoms with Crippen LogP contribution < -0.4 is 5.32 Å². The van der Waals surface area contributed by atoms with Gasteiger partial charge in [0.25, 0.3) is 0 Å². The van der Waals surface area contributed by atoms with E-state index in [4.69, 9.17) is 0 Å². The van der Waals surface area contributed by atoms with Crippen molar-refractivity contribution in [2.24, 2.45) is 0 Å². The fourth-order valence-electron chi connectivity index (χ4n) is 1.54. The lowest BCUT2D eigenvalue weighted by Crippen LogP contribution is -2.06. The SMILES string of the molecule is COC(=O)c1csc(NCc2ccc(C(F)(F)F)cc2)n1. The number of carbonyl (C=O) groups is 1. The quantitative estimate of drug-likeness (QED) is 0.876. The number of anilines is 1. The molecule has 21 heavy (non-hydrogen) atoms. The lowest BCUT2D eigenvalue weighted by Gasteiger charge is -2.08. The summed E-state index contributed by atoms with van der Waals surface area (Å²) in [4.78, 5) is 15.2. The van der Waals surface area contributed by atoms with Crippen LogP contribution in [0.4, 0.5) is 18.3 Å². The van der Waals surface area contributed by atoms with Crippen LogP contribution >= 0.6 is 11.3 Å². The van der Waals surface area contributed by atoms with Gasteiger partial charge in [-0.2, -0.15) is 13.2 Å². The second kappa shape index (κ2) is 6.13. The maximum atomic E-state index is 12.4. The van der Waals surface area contributed by atoms with E-state index in [1.54, 1.807) is 5.38 Å². The summed E-state index contributed by atoms with van der Waals surface area (Å²) in [6, 6.07) is 4.84. The topological polar surface area (TPSA) is 51.2 Å². The first-order valence-corrected chi connectivity index (χ1v) is 6.72. The number of nitrogens with one attached hydrogen (secondary N) is 1. The highest BCUT2D eigenvalue weighted by Gasteiger charge is 2.29. The standard InChI is InChI=1S/C13H11F3N2O2S/c1-20-11(19)10-7-21-12(18-10)17-6-8-2-4-9(5-3-8)13(14,15)16/h2-5,7H,6H2,1H3,(H,17,18). The van der Waals surface area contributed by atoms with Crippen LogP contribution in [-0.4, -0.2) is 18.1 Å². The first-order chi connectivity index (χ1) is 9.90. The zero-order valence-electron chi connectivity index (χ0n) is 10.9. The molecule has 0 aliphatic carbocycles. The molecular formula is C13H11F3N2O2S. The summed E-state index contributed by atoms with van der Waals surface area (Å²) in [7, 11) is 1.26. The molecule has 0 aliphatic rings. The smallest absolute Gasteiger partial charge is 0.416 e. The molecule has 0 saturated heterocycles. The van der Waals surface area contributed by atoms with Crippen LogP contribution in [0.25, 0.3) is 0 Å². The highest BCUT2D eigenvalue weighted by atomic mass is 32.1. The number of aromatic nitrogens is 1. The number of hydrogen-bond acceptors (Lipinski definition) is 5. The highest BCUT2D eigenvalue weighted by Crippen LogP contribution is 2.29. The number of esters is 1. The largest absolute Gasteiger partial charge is 0.464 e. The van der Waals surface area contributed by atoms with E-state index in [0.29, 0.717) is 17.2 Å². The van der Waals surface area contributed by atoms with E-state index in [1.807, 2.05) is 0 Å². The van der Waals surface area contributed by atoms with Gasteiger partial charge >= 0.3 is 12.1 Å². The minimum atomic E-state index is -4.34. The van der Waals surface area contributed by atoms with Crippen molar-refractivity contribution in [3.05, 3.63) is 46.5 Å². The van der Waals surface area contributed by atoms with E-state index < -0.39 is 17.7 Å². The Morgan fingerprint density at radius 3 is 2.57 bits per heavy atom. The molecule has 0 radical (unpaired) electrons. The van der Waals surface area contributed by atoms with E-state index in [2.05, 4.69) is 15.0 Å². The molecule has 112 valence electrons. The molecule has 0 aliphatic heterocycles. The van der Waals surface area contributed by atoms with Crippen LogP contribution in [0.1, 0.15) is 21.6 Å². The Morgan fingerprint density at radius 1 is 1.33 bits per heavy atom. The molecule has 1 heterocycles. The molecule has 1 N–H and O–H groups in total. The molecule has 0 unspecified atom stereocenters. The average Bonchev–Trinajstić information content (AvgIpc) is 2.92. The number of carbonyl (C=O) groups excluding carboxylic acids is 1. The molecule has 4 nitrogen and oxygen atoms in total. The lowest BCUT2D eigenvalue weighted by atomic mass is 10.1. The number of rotatable bonds is 4. The van der Waals surface area contributed by atoms with Gasteiger partial charge in [-0.3, -0.25) is 0 Å². The summed E-state index contributed by atoms with van der Waals surface area (Å²) in [6.07, 6.45) is -4.34. The number of thiazole rings is 1. The molecule has 1 aromatic carbocycles. The maximum Gasteiger partial charge on any atom is 0.416 e. The normalized spacial score (nSPS) is 11.2. The van der Waals surface area contributed by atoms with E-state index >= 15 is 0 Å². The lowest BCUT2D eigenvalue weighted by molar-refractivity contribution is -0.137. The zero-order valence-corrected chi connectivity index (χ0v) is 11.7. The van der Waals surface area contributed by atoms with Crippen LogP contribution in [0, 0.1) is 0 Å². The van der Waals surface area contributed by atoms with Crippen molar-refractivity contribution in [3.8, 4) is 0 Å². The van der Waals surface area contributed by atoms with Gasteiger partial charge in [-0.1, -0.05) is 12.1 Å². The molecule has 0 bridgehead atoms. The fraction of sp³-hybridized carbons (Fsp3) is 0.231. The summed E-state index contributed by atoms with van der Waals surface area (Å²) in [6.45, 7) is 0.312. The van der Waals surface area contributed by atoms with Gasteiger partial charge in [-0.15, -0.1) is 11.3 Å². The Hall–Kier alpha value is -2.09. The first-order valence-electron chi connectivity index (χ1n) is 5.84. The number of nitrogens with zero attached hydrogens (tertiary/aromatic N) is 1. The van der Waals surface area contributed by atoms with Gasteiger partial charge in [0.2, 0.25) is 0 Å². The molecule has 0 fully saturated rings. The molecule has 1 aromatic heterocycles. The summed E-state index contributed by atoms with van der Waals surface area (Å²) in [5, 5.41) is 4.98. The molecule has 0 saturated carbocycles. The average molecular weight is 316 g/mol. The number of alkyl halides is 3. The summed E-state index contributed by atoms with van der Waals surface area (Å²) >= 11 is 1.22. The Balaban J connectivity index is 1.97. The van der Waals surface area contributed by atoms with Crippen molar-refractivity contribution < 1.29 is 22.7 Å². The summed E-state index contributed by atoms with van der Waals surface area (Å²) in [5.41, 5.74) is 0.184. The summed E-state index contributed by atoms with van der Waals surface area (Å²) < 4.78 is 41.8. The highest BCUT2D eigenvalue weighted by molar-refractivity contribution is 7.13. The first kappa shape index (κ1) is 15.3. The van der Waals surface area contributed by atoms with Crippen molar-refractivity contribution in [2.75, 3.05) is 12.4 Å². The van der Waals surface area contributed by atoms with E-state index in [9.17, 15) is 18.0 Å². The second-order valence-corrected chi connectivity index (χ2v) is 4.94. The van der Waals surface area contributed by atoms with Crippen molar-refractivity contribution in [2.45, 2.75) is 12.7 Å². The molecule has 0 spiro atoms. The maximum absolute atomic E-state index is 12.4. The molecule has 2 aromatic rings. The number of halogens is 3. The molecule has 2 rings (SSSR count). The number of hydrogen-bond donors (Lipinski definition) is 1. The van der Waals surface area contributed by atoms with E-state index in [-0.39, 0.29) is 5.69 Å². The molecule has 0 atom stereocenters. The summed E-state index contributed by atoms with van der Waals surface area (Å²) in [5.74, 6) is -0.533. The van der Waals surface area contributed by atoms with Gasteiger partial charge in [0.05, 0.1) is 12.7 Å². The van der Waals surface area contributed by atoms with Crippen molar-refractivity contribution >= 4 is 22.4 Å². The van der Waals surface area contributed by atoms with E-state index in [0.717, 1.165) is 12.1 Å². The van der Waals surface area contributed by atoms with Gasteiger partial charge in [-0.05, 0) is 17.7 Å². The Labute approximate surface area is 122 Å². The fourth-order valence-corrected chi connectivity index (χ4v) is 2.22. The monoisotopic (exact) mass is 316 g/mol. The minimum absolute atomic E-state index is 0.192. The van der Waals surface area contributed by atoms with E-state index in [1.165, 1.54) is 30.6 Å². The molecule has 8 heteroatoms. The van der Waals surface area contributed by atoms with Crippen LogP contribution in [-0.2, 0) is 17.5 Å². The molecular weight excluding hydrogens is 305 g/mol. The second-order valence-electron chi connectivity index (χ2n) is 4.08. The predicted octanol–water partition coefficient (Wildman–Crippen LogP) is 3.56. The van der Waals surface area contributed by atoms with Gasteiger partial charge < -0.3 is 10.1 Å². The number of ether oxygens (including phenoxy) is 1. The Kier molecular flexibility index (Phi) is 4.46. The van der Waals surface area contributed by atoms with Crippen LogP contribution in [0.15, 0.2) is 29.6 Å². The number of benzene rings is 1. The van der Waals surface area contributed by atoms with Gasteiger partial charge in [0.15, 0.2) is 10.8 Å². The molecule has 0 amide bonds. The zero-order chi connectivity index (χ0) is 15.5. The third-order valence-electron chi connectivity index (χ3n) is 2.62. The predicted molar refractivity (Wildman–Crippen MR) is 72.2 cm³/mol. The van der Waals surface area contributed by atoms with Gasteiger partial charge in [0.1, 0.15) is 0 Å². The van der Waals surface area contributed by atoms with Gasteiger partial charge in [-0.25, -0.2) is 9.78 Å². The van der Waals surface area contributed by atoms with Crippen molar-refractivity contribution in [1.29, 1.82) is 0 Å². The van der Waals surface area contributed by atoms with Crippen LogP contribution in [0.3, 0.4) is 0 Å². The third kappa shape index (κ3) is 3.94. The third-order valence-corrected chi connectivity index (χ3v) is 3.42. The van der Waals surface area contributed by atoms with Crippen LogP contribution in [0.2, 0.25) is 0 Å². The van der Waals surface area contributed by atoms with Crippen LogP contribution in [0.5, 0.6) is 0 Å². The minimum Gasteiger partial charge on any atom is -0.464 e.